The average molecular weight is 361 g/mol. The summed E-state index contributed by atoms with van der Waals surface area (Å²) in [5, 5.41) is 0. The van der Waals surface area contributed by atoms with Crippen molar-refractivity contribution in [2.45, 2.75) is 63.7 Å². The van der Waals surface area contributed by atoms with Gasteiger partial charge in [0.15, 0.2) is 18.9 Å². The molecule has 2 heterocycles. The minimum Gasteiger partial charge on any atom is -0.369 e. The Morgan fingerprint density at radius 1 is 0.889 bits per heavy atom. The van der Waals surface area contributed by atoms with Crippen molar-refractivity contribution < 1.29 is 9.30 Å². The number of allylic oxidation sites excluding steroid dienone is 1. The zero-order valence-electron chi connectivity index (χ0n) is 16.1. The van der Waals surface area contributed by atoms with Gasteiger partial charge >= 0.3 is 0 Å². The first-order chi connectivity index (χ1) is 13.4. The van der Waals surface area contributed by atoms with Gasteiger partial charge in [-0.25, -0.2) is 4.57 Å². The molecule has 5 rings (SSSR count). The summed E-state index contributed by atoms with van der Waals surface area (Å²) in [6.45, 7) is 0.917. The second kappa shape index (κ2) is 7.59. The molecular formula is C25H30NO+. The maximum Gasteiger partial charge on any atom is 0.174 e. The zero-order valence-corrected chi connectivity index (χ0v) is 16.1. The van der Waals surface area contributed by atoms with Crippen LogP contribution in [0, 0.1) is 11.8 Å². The van der Waals surface area contributed by atoms with Gasteiger partial charge in [0, 0.05) is 29.0 Å². The van der Waals surface area contributed by atoms with E-state index in [0.717, 1.165) is 6.54 Å². The number of hydrogen-bond donors (Lipinski definition) is 0. The fourth-order valence-corrected chi connectivity index (χ4v) is 5.52. The number of nitrogens with zero attached hydrogens (tertiary/aromatic N) is 1. The third-order valence-corrected chi connectivity index (χ3v) is 6.76. The molecule has 1 saturated heterocycles. The van der Waals surface area contributed by atoms with Gasteiger partial charge in [0.25, 0.3) is 0 Å². The van der Waals surface area contributed by atoms with E-state index < -0.39 is 0 Å². The number of fused-ring (bicyclic) bond motifs is 3. The van der Waals surface area contributed by atoms with Gasteiger partial charge in [0.2, 0.25) is 0 Å². The van der Waals surface area contributed by atoms with Crippen molar-refractivity contribution in [3.05, 3.63) is 77.6 Å². The van der Waals surface area contributed by atoms with Crippen LogP contribution in [0.15, 0.2) is 66.5 Å². The Morgan fingerprint density at radius 2 is 1.74 bits per heavy atom. The summed E-state index contributed by atoms with van der Waals surface area (Å²) in [6.07, 6.45) is 16.9. The Balaban J connectivity index is 1.44. The lowest BCUT2D eigenvalue weighted by atomic mass is 9.68. The second-order valence-electron chi connectivity index (χ2n) is 8.52. The van der Waals surface area contributed by atoms with E-state index in [0.29, 0.717) is 17.9 Å². The van der Waals surface area contributed by atoms with Gasteiger partial charge in [0.05, 0.1) is 12.2 Å². The molecule has 0 N–H and O–H groups in total. The molecule has 4 atom stereocenters. The van der Waals surface area contributed by atoms with Gasteiger partial charge in [0.1, 0.15) is 0 Å². The maximum absolute atomic E-state index is 6.80. The van der Waals surface area contributed by atoms with Crippen LogP contribution in [-0.2, 0) is 11.3 Å². The zero-order chi connectivity index (χ0) is 18.1. The summed E-state index contributed by atoms with van der Waals surface area (Å²) in [4.78, 5) is 0. The fourth-order valence-electron chi connectivity index (χ4n) is 5.52. The molecule has 2 heteroatoms. The standard InChI is InChI=1S/C25H30NO/c1-2-9-19(10-3-1)17-26-16-8-11-20(18-26)25-23-14-5-4-12-21(23)22-13-6-7-15-24(22)27-25/h1-3,8-12,16,18,22-25H,4-7,13-15,17H2/q+1/t22-,23-,24+,25+/m1/s1. The maximum atomic E-state index is 6.80. The van der Waals surface area contributed by atoms with E-state index in [1.165, 1.54) is 56.1 Å². The molecule has 0 radical (unpaired) electrons. The lowest BCUT2D eigenvalue weighted by Gasteiger charge is -2.47. The Morgan fingerprint density at radius 3 is 2.67 bits per heavy atom. The third kappa shape index (κ3) is 3.48. The van der Waals surface area contributed by atoms with Crippen LogP contribution in [0.25, 0.3) is 0 Å². The van der Waals surface area contributed by atoms with Gasteiger partial charge in [-0.2, -0.15) is 0 Å². The first-order valence-corrected chi connectivity index (χ1v) is 10.8. The minimum atomic E-state index is 0.235. The van der Waals surface area contributed by atoms with Crippen LogP contribution >= 0.6 is 0 Å². The van der Waals surface area contributed by atoms with E-state index in [1.54, 1.807) is 5.57 Å². The van der Waals surface area contributed by atoms with E-state index in [4.69, 9.17) is 4.74 Å². The molecule has 2 fully saturated rings. The van der Waals surface area contributed by atoms with Gasteiger partial charge in [-0.1, -0.05) is 54.8 Å². The number of pyridine rings is 1. The molecule has 27 heavy (non-hydrogen) atoms. The normalized spacial score (nSPS) is 30.1. The molecule has 1 saturated carbocycles. The summed E-state index contributed by atoms with van der Waals surface area (Å²) in [5.74, 6) is 1.28. The summed E-state index contributed by atoms with van der Waals surface area (Å²) in [5.41, 5.74) is 4.44. The highest BCUT2D eigenvalue weighted by molar-refractivity contribution is 5.25. The number of benzene rings is 1. The Bertz CT molecular complexity index is 812. The molecule has 0 unspecified atom stereocenters. The first-order valence-electron chi connectivity index (χ1n) is 10.8. The van der Waals surface area contributed by atoms with Crippen molar-refractivity contribution in [1.82, 2.24) is 0 Å². The number of hydrogen-bond acceptors (Lipinski definition) is 1. The Kier molecular flexibility index (Phi) is 4.83. The predicted octanol–water partition coefficient (Wildman–Crippen LogP) is 5.38. The summed E-state index contributed by atoms with van der Waals surface area (Å²) >= 11 is 0. The molecule has 2 aliphatic carbocycles. The average Bonchev–Trinajstić information content (AvgIpc) is 2.74. The van der Waals surface area contributed by atoms with Crippen LogP contribution in [0.2, 0.25) is 0 Å². The molecule has 1 aliphatic heterocycles. The molecule has 1 aromatic heterocycles. The van der Waals surface area contributed by atoms with Crippen molar-refractivity contribution in [3.8, 4) is 0 Å². The SMILES string of the molecule is C1=C2[C@H]3CCCC[C@@H]3O[C@@H](c3ccc[n+](Cc4ccccc4)c3)[C@@H]2CCC1. The van der Waals surface area contributed by atoms with E-state index in [1.807, 2.05) is 0 Å². The smallest absolute Gasteiger partial charge is 0.174 e. The van der Waals surface area contributed by atoms with Crippen molar-refractivity contribution in [3.63, 3.8) is 0 Å². The number of ether oxygens (including phenoxy) is 1. The molecule has 1 aromatic carbocycles. The highest BCUT2D eigenvalue weighted by Gasteiger charge is 2.44. The molecule has 2 nitrogen and oxygen atoms in total. The molecule has 140 valence electrons. The predicted molar refractivity (Wildman–Crippen MR) is 107 cm³/mol. The lowest BCUT2D eigenvalue weighted by molar-refractivity contribution is -0.689. The van der Waals surface area contributed by atoms with Gasteiger partial charge in [-0.3, -0.25) is 0 Å². The highest BCUT2D eigenvalue weighted by atomic mass is 16.5. The molecule has 0 bridgehead atoms. The summed E-state index contributed by atoms with van der Waals surface area (Å²) < 4.78 is 9.11. The molecule has 0 spiro atoms. The van der Waals surface area contributed by atoms with Crippen LogP contribution in [0.5, 0.6) is 0 Å². The van der Waals surface area contributed by atoms with E-state index in [-0.39, 0.29) is 6.10 Å². The minimum absolute atomic E-state index is 0.235. The third-order valence-electron chi connectivity index (χ3n) is 6.76. The van der Waals surface area contributed by atoms with Crippen molar-refractivity contribution in [2.75, 3.05) is 0 Å². The monoisotopic (exact) mass is 360 g/mol. The van der Waals surface area contributed by atoms with Crippen LogP contribution in [0.1, 0.15) is 62.2 Å². The van der Waals surface area contributed by atoms with Gasteiger partial charge < -0.3 is 4.74 Å². The lowest BCUT2D eigenvalue weighted by Crippen LogP contribution is -2.42. The molecule has 3 aliphatic rings. The van der Waals surface area contributed by atoms with Crippen LogP contribution in [0.4, 0.5) is 0 Å². The van der Waals surface area contributed by atoms with Crippen molar-refractivity contribution in [1.29, 1.82) is 0 Å². The van der Waals surface area contributed by atoms with E-state index in [9.17, 15) is 0 Å². The van der Waals surface area contributed by atoms with Gasteiger partial charge in [-0.15, -0.1) is 0 Å². The topological polar surface area (TPSA) is 13.1 Å². The van der Waals surface area contributed by atoms with Crippen molar-refractivity contribution >= 4 is 0 Å². The van der Waals surface area contributed by atoms with E-state index in [2.05, 4.69) is 65.5 Å². The van der Waals surface area contributed by atoms with Gasteiger partial charge in [-0.05, 0) is 38.2 Å². The molecule has 0 amide bonds. The second-order valence-corrected chi connectivity index (χ2v) is 8.52. The summed E-state index contributed by atoms with van der Waals surface area (Å²) in [7, 11) is 0. The number of rotatable bonds is 3. The quantitative estimate of drug-likeness (QED) is 0.529. The Hall–Kier alpha value is -1.93. The number of aromatic nitrogens is 1. The molecular weight excluding hydrogens is 330 g/mol. The largest absolute Gasteiger partial charge is 0.369 e. The van der Waals surface area contributed by atoms with Crippen LogP contribution in [-0.4, -0.2) is 6.10 Å². The van der Waals surface area contributed by atoms with Crippen LogP contribution < -0.4 is 4.57 Å². The highest BCUT2D eigenvalue weighted by Crippen LogP contribution is 2.50. The Labute approximate surface area is 162 Å². The van der Waals surface area contributed by atoms with Crippen LogP contribution in [0.3, 0.4) is 0 Å². The fraction of sp³-hybridized carbons (Fsp3) is 0.480. The summed E-state index contributed by atoms with van der Waals surface area (Å²) in [6, 6.07) is 15.2. The molecule has 2 aromatic rings. The first kappa shape index (κ1) is 17.2. The van der Waals surface area contributed by atoms with E-state index >= 15 is 0 Å². The van der Waals surface area contributed by atoms with Crippen molar-refractivity contribution in [2.24, 2.45) is 11.8 Å².